The standard InChI is InChI=1S/C11H14FNO2/c1-13(2)7-6-8-9(11(14)15)4-3-5-10(8)12/h3-5H,6-7H2,1-2H3,(H,14,15). The molecule has 0 amide bonds. The molecule has 0 spiro atoms. The fourth-order valence-corrected chi connectivity index (χ4v) is 1.35. The highest BCUT2D eigenvalue weighted by Crippen LogP contribution is 2.14. The van der Waals surface area contributed by atoms with E-state index in [1.165, 1.54) is 18.2 Å². The molecule has 0 saturated carbocycles. The van der Waals surface area contributed by atoms with E-state index in [0.29, 0.717) is 13.0 Å². The van der Waals surface area contributed by atoms with Gasteiger partial charge in [-0.1, -0.05) is 6.07 Å². The number of halogens is 1. The first kappa shape index (κ1) is 11.7. The third-order valence-electron chi connectivity index (χ3n) is 2.16. The highest BCUT2D eigenvalue weighted by molar-refractivity contribution is 5.89. The van der Waals surface area contributed by atoms with Crippen LogP contribution in [-0.2, 0) is 6.42 Å². The highest BCUT2D eigenvalue weighted by atomic mass is 19.1. The molecule has 0 heterocycles. The molecule has 1 N–H and O–H groups in total. The predicted molar refractivity (Wildman–Crippen MR) is 55.6 cm³/mol. The number of benzene rings is 1. The Morgan fingerprint density at radius 3 is 2.67 bits per heavy atom. The Morgan fingerprint density at radius 2 is 2.13 bits per heavy atom. The summed E-state index contributed by atoms with van der Waals surface area (Å²) < 4.78 is 13.4. The lowest BCUT2D eigenvalue weighted by molar-refractivity contribution is 0.0695. The van der Waals surface area contributed by atoms with Crippen molar-refractivity contribution >= 4 is 5.97 Å². The number of carbonyl (C=O) groups is 1. The van der Waals surface area contributed by atoms with Gasteiger partial charge in [-0.2, -0.15) is 0 Å². The molecule has 0 aliphatic rings. The molecule has 0 atom stereocenters. The van der Waals surface area contributed by atoms with Crippen molar-refractivity contribution in [1.82, 2.24) is 4.90 Å². The molecule has 82 valence electrons. The number of carboxylic acids is 1. The monoisotopic (exact) mass is 211 g/mol. The molecule has 1 rings (SSSR count). The summed E-state index contributed by atoms with van der Waals surface area (Å²) in [4.78, 5) is 12.7. The average Bonchev–Trinajstić information content (AvgIpc) is 2.15. The van der Waals surface area contributed by atoms with Crippen LogP contribution in [0.15, 0.2) is 18.2 Å². The zero-order valence-corrected chi connectivity index (χ0v) is 8.83. The summed E-state index contributed by atoms with van der Waals surface area (Å²) in [5.74, 6) is -1.53. The molecule has 15 heavy (non-hydrogen) atoms. The van der Waals surface area contributed by atoms with Gasteiger partial charge < -0.3 is 10.0 Å². The number of carboxylic acid groups (broad SMARTS) is 1. The van der Waals surface area contributed by atoms with Crippen LogP contribution in [0.4, 0.5) is 4.39 Å². The van der Waals surface area contributed by atoms with Gasteiger partial charge in [0.1, 0.15) is 5.82 Å². The summed E-state index contributed by atoms with van der Waals surface area (Å²) in [6.07, 6.45) is 0.404. The van der Waals surface area contributed by atoms with Gasteiger partial charge in [0.2, 0.25) is 0 Å². The van der Waals surface area contributed by atoms with Gasteiger partial charge in [-0.3, -0.25) is 0 Å². The van der Waals surface area contributed by atoms with Crippen molar-refractivity contribution in [2.75, 3.05) is 20.6 Å². The first-order valence-corrected chi connectivity index (χ1v) is 4.67. The second-order valence-corrected chi connectivity index (χ2v) is 3.62. The first-order valence-electron chi connectivity index (χ1n) is 4.67. The predicted octanol–water partition coefficient (Wildman–Crippen LogP) is 1.63. The minimum absolute atomic E-state index is 0.0526. The van der Waals surface area contributed by atoms with Crippen LogP contribution in [0.2, 0.25) is 0 Å². The van der Waals surface area contributed by atoms with E-state index in [1.54, 1.807) is 0 Å². The van der Waals surface area contributed by atoms with Crippen LogP contribution < -0.4 is 0 Å². The summed E-state index contributed by atoms with van der Waals surface area (Å²) >= 11 is 0. The van der Waals surface area contributed by atoms with Gasteiger partial charge in [0.15, 0.2) is 0 Å². The van der Waals surface area contributed by atoms with Crippen molar-refractivity contribution in [3.8, 4) is 0 Å². The van der Waals surface area contributed by atoms with Crippen molar-refractivity contribution in [2.24, 2.45) is 0 Å². The molecule has 0 aliphatic carbocycles. The number of nitrogens with zero attached hydrogens (tertiary/aromatic N) is 1. The number of rotatable bonds is 4. The van der Waals surface area contributed by atoms with Gasteiger partial charge in [-0.15, -0.1) is 0 Å². The SMILES string of the molecule is CN(C)CCc1c(F)cccc1C(=O)O. The quantitative estimate of drug-likeness (QED) is 0.822. The van der Waals surface area contributed by atoms with Crippen molar-refractivity contribution in [3.63, 3.8) is 0 Å². The summed E-state index contributed by atoms with van der Waals surface area (Å²) in [7, 11) is 3.72. The first-order chi connectivity index (χ1) is 7.02. The van der Waals surface area contributed by atoms with Crippen molar-refractivity contribution in [2.45, 2.75) is 6.42 Å². The summed E-state index contributed by atoms with van der Waals surface area (Å²) in [6, 6.07) is 4.13. The van der Waals surface area contributed by atoms with Crippen molar-refractivity contribution in [1.29, 1.82) is 0 Å². The van der Waals surface area contributed by atoms with E-state index in [0.717, 1.165) is 0 Å². The van der Waals surface area contributed by atoms with Crippen LogP contribution in [-0.4, -0.2) is 36.6 Å². The molecule has 0 saturated heterocycles. The number of likely N-dealkylation sites (N-methyl/N-ethyl adjacent to an activating group) is 1. The summed E-state index contributed by atoms with van der Waals surface area (Å²) in [5.41, 5.74) is 0.329. The van der Waals surface area contributed by atoms with Crippen LogP contribution in [0.3, 0.4) is 0 Å². The Hall–Kier alpha value is -1.42. The lowest BCUT2D eigenvalue weighted by Gasteiger charge is -2.11. The topological polar surface area (TPSA) is 40.5 Å². The Balaban J connectivity index is 2.97. The molecule has 0 aromatic heterocycles. The fourth-order valence-electron chi connectivity index (χ4n) is 1.35. The molecule has 0 unspecified atom stereocenters. The van der Waals surface area contributed by atoms with Crippen LogP contribution >= 0.6 is 0 Å². The lowest BCUT2D eigenvalue weighted by Crippen LogP contribution is -2.17. The molecule has 0 radical (unpaired) electrons. The minimum Gasteiger partial charge on any atom is -0.478 e. The van der Waals surface area contributed by atoms with E-state index < -0.39 is 11.8 Å². The van der Waals surface area contributed by atoms with Crippen LogP contribution in [0.25, 0.3) is 0 Å². The molecule has 0 aliphatic heterocycles. The molecular weight excluding hydrogens is 197 g/mol. The maximum atomic E-state index is 13.4. The van der Waals surface area contributed by atoms with Crippen molar-refractivity contribution < 1.29 is 14.3 Å². The Bertz CT molecular complexity index is 364. The molecule has 1 aromatic rings. The van der Waals surface area contributed by atoms with E-state index in [4.69, 9.17) is 5.11 Å². The van der Waals surface area contributed by atoms with E-state index in [9.17, 15) is 9.18 Å². The lowest BCUT2D eigenvalue weighted by atomic mass is 10.0. The van der Waals surface area contributed by atoms with Crippen LogP contribution in [0.1, 0.15) is 15.9 Å². The van der Waals surface area contributed by atoms with Gasteiger partial charge in [0.25, 0.3) is 0 Å². The Morgan fingerprint density at radius 1 is 1.47 bits per heavy atom. The van der Waals surface area contributed by atoms with Crippen LogP contribution in [0.5, 0.6) is 0 Å². The van der Waals surface area contributed by atoms with Crippen molar-refractivity contribution in [3.05, 3.63) is 35.1 Å². The molecule has 1 aromatic carbocycles. The summed E-state index contributed by atoms with van der Waals surface area (Å²) in [5, 5.41) is 8.88. The second-order valence-electron chi connectivity index (χ2n) is 3.62. The van der Waals surface area contributed by atoms with Crippen LogP contribution in [0, 0.1) is 5.82 Å². The van der Waals surface area contributed by atoms with Gasteiger partial charge in [0.05, 0.1) is 5.56 Å². The van der Waals surface area contributed by atoms with E-state index >= 15 is 0 Å². The van der Waals surface area contributed by atoms with Gasteiger partial charge in [0, 0.05) is 12.1 Å². The average molecular weight is 211 g/mol. The summed E-state index contributed by atoms with van der Waals surface area (Å²) in [6.45, 7) is 0.626. The minimum atomic E-state index is -1.08. The Labute approximate surface area is 88.1 Å². The second kappa shape index (κ2) is 4.89. The highest BCUT2D eigenvalue weighted by Gasteiger charge is 2.13. The number of hydrogen-bond acceptors (Lipinski definition) is 2. The zero-order chi connectivity index (χ0) is 11.4. The maximum absolute atomic E-state index is 13.4. The third-order valence-corrected chi connectivity index (χ3v) is 2.16. The number of hydrogen-bond donors (Lipinski definition) is 1. The van der Waals surface area contributed by atoms with E-state index in [-0.39, 0.29) is 11.1 Å². The van der Waals surface area contributed by atoms with E-state index in [1.807, 2.05) is 19.0 Å². The molecule has 4 heteroatoms. The molecule has 0 fully saturated rings. The molecular formula is C11H14FNO2. The normalized spacial score (nSPS) is 10.7. The van der Waals surface area contributed by atoms with Gasteiger partial charge in [-0.25, -0.2) is 9.18 Å². The maximum Gasteiger partial charge on any atom is 0.336 e. The largest absolute Gasteiger partial charge is 0.478 e. The van der Waals surface area contributed by atoms with Gasteiger partial charge in [-0.05, 0) is 32.6 Å². The van der Waals surface area contributed by atoms with Gasteiger partial charge >= 0.3 is 5.97 Å². The molecule has 3 nitrogen and oxygen atoms in total. The fraction of sp³-hybridized carbons (Fsp3) is 0.364. The Kier molecular flexibility index (Phi) is 3.80. The molecule has 0 bridgehead atoms. The van der Waals surface area contributed by atoms with E-state index in [2.05, 4.69) is 0 Å². The third kappa shape index (κ3) is 3.02. The smallest absolute Gasteiger partial charge is 0.336 e. The number of aromatic carboxylic acids is 1. The zero-order valence-electron chi connectivity index (χ0n) is 8.83.